The van der Waals surface area contributed by atoms with Crippen LogP contribution in [-0.4, -0.2) is 33.9 Å². The zero-order valence-electron chi connectivity index (χ0n) is 15.4. The molecule has 0 heterocycles. The minimum Gasteiger partial charge on any atom is -0.478 e. The van der Waals surface area contributed by atoms with Crippen molar-refractivity contribution >= 4 is 11.9 Å². The predicted octanol–water partition coefficient (Wildman–Crippen LogP) is 4.25. The quantitative estimate of drug-likeness (QED) is 0.361. The van der Waals surface area contributed by atoms with E-state index in [1.54, 1.807) is 18.2 Å². The van der Waals surface area contributed by atoms with Crippen LogP contribution in [0.2, 0.25) is 0 Å². The van der Waals surface area contributed by atoms with Crippen LogP contribution >= 0.6 is 0 Å². The lowest BCUT2D eigenvalue weighted by atomic mass is 10.0. The number of carbonyl (C=O) groups is 2. The zero-order chi connectivity index (χ0) is 19.2. The summed E-state index contributed by atoms with van der Waals surface area (Å²) in [5.41, 5.74) is 2.77. The molecule has 0 radical (unpaired) electrons. The van der Waals surface area contributed by atoms with E-state index in [4.69, 9.17) is 5.11 Å². The third-order valence-electron chi connectivity index (χ3n) is 3.69. The number of aliphatic hydroxyl groups excluding tert-OH is 1. The molecule has 3 N–H and O–H groups in total. The van der Waals surface area contributed by atoms with Crippen molar-refractivity contribution in [2.24, 2.45) is 0 Å². The average Bonchev–Trinajstić information content (AvgIpc) is 2.51. The lowest BCUT2D eigenvalue weighted by Gasteiger charge is -2.04. The molecule has 0 saturated heterocycles. The molecule has 0 aromatic rings. The number of carboxylic acids is 2. The van der Waals surface area contributed by atoms with Gasteiger partial charge in [-0.25, -0.2) is 9.59 Å². The lowest BCUT2D eigenvalue weighted by molar-refractivity contribution is -0.133. The van der Waals surface area contributed by atoms with Gasteiger partial charge in [0.1, 0.15) is 0 Å². The molecule has 0 aromatic carbocycles. The Morgan fingerprint density at radius 2 is 1.16 bits per heavy atom. The van der Waals surface area contributed by atoms with Crippen molar-refractivity contribution in [3.63, 3.8) is 0 Å². The summed E-state index contributed by atoms with van der Waals surface area (Å²) in [4.78, 5) is 22.5. The van der Waals surface area contributed by atoms with Gasteiger partial charge < -0.3 is 15.3 Å². The van der Waals surface area contributed by atoms with E-state index in [2.05, 4.69) is 0 Å². The van der Waals surface area contributed by atoms with Gasteiger partial charge in [-0.3, -0.25) is 0 Å². The molecule has 0 bridgehead atoms. The first kappa shape index (κ1) is 22.9. The molecule has 0 rings (SSSR count). The van der Waals surface area contributed by atoms with Crippen LogP contribution in [0, 0.1) is 0 Å². The van der Waals surface area contributed by atoms with Crippen molar-refractivity contribution in [2.75, 3.05) is 6.61 Å². The van der Waals surface area contributed by atoms with Gasteiger partial charge in [0, 0.05) is 11.1 Å². The third-order valence-corrected chi connectivity index (χ3v) is 3.69. The molecule has 0 unspecified atom stereocenters. The zero-order valence-corrected chi connectivity index (χ0v) is 15.4. The molecule has 0 atom stereocenters. The SMILES string of the molecule is CC(C)=CCCC(=CCCC(=CCCC(C)=CCO)C(=O)O)C(=O)O. The highest BCUT2D eigenvalue weighted by molar-refractivity contribution is 5.87. The molecule has 0 fully saturated rings. The van der Waals surface area contributed by atoms with E-state index in [1.807, 2.05) is 26.8 Å². The number of carboxylic acid groups (broad SMARTS) is 2. The number of hydrogen-bond donors (Lipinski definition) is 3. The highest BCUT2D eigenvalue weighted by Gasteiger charge is 2.09. The number of aliphatic carboxylic acids is 2. The van der Waals surface area contributed by atoms with Crippen molar-refractivity contribution < 1.29 is 24.9 Å². The molecule has 0 spiro atoms. The fraction of sp³-hybridized carbons (Fsp3) is 0.500. The van der Waals surface area contributed by atoms with E-state index in [-0.39, 0.29) is 6.61 Å². The Kier molecular flexibility index (Phi) is 12.1. The second kappa shape index (κ2) is 13.2. The van der Waals surface area contributed by atoms with Crippen molar-refractivity contribution in [3.05, 3.63) is 46.6 Å². The Balaban J connectivity index is 4.70. The molecule has 25 heavy (non-hydrogen) atoms. The molecule has 0 saturated carbocycles. The Bertz CT molecular complexity index is 561. The highest BCUT2D eigenvalue weighted by atomic mass is 16.4. The van der Waals surface area contributed by atoms with Crippen molar-refractivity contribution in [1.82, 2.24) is 0 Å². The van der Waals surface area contributed by atoms with E-state index < -0.39 is 11.9 Å². The monoisotopic (exact) mass is 350 g/mol. The summed E-state index contributed by atoms with van der Waals surface area (Å²) < 4.78 is 0. The molecule has 5 nitrogen and oxygen atoms in total. The van der Waals surface area contributed by atoms with Crippen LogP contribution in [0.25, 0.3) is 0 Å². The summed E-state index contributed by atoms with van der Waals surface area (Å²) in [6.45, 7) is 5.80. The number of aliphatic hydroxyl groups is 1. The predicted molar refractivity (Wildman–Crippen MR) is 99.4 cm³/mol. The van der Waals surface area contributed by atoms with Crippen LogP contribution in [0.3, 0.4) is 0 Å². The Hall–Kier alpha value is -2.14. The van der Waals surface area contributed by atoms with Gasteiger partial charge in [0.25, 0.3) is 0 Å². The van der Waals surface area contributed by atoms with Crippen molar-refractivity contribution in [3.8, 4) is 0 Å². The van der Waals surface area contributed by atoms with E-state index in [9.17, 15) is 19.8 Å². The van der Waals surface area contributed by atoms with Gasteiger partial charge in [0.05, 0.1) is 6.61 Å². The number of rotatable bonds is 12. The summed E-state index contributed by atoms with van der Waals surface area (Å²) in [7, 11) is 0. The van der Waals surface area contributed by atoms with Gasteiger partial charge in [-0.2, -0.15) is 0 Å². The second-order valence-corrected chi connectivity index (χ2v) is 6.20. The minimum atomic E-state index is -0.974. The average molecular weight is 350 g/mol. The van der Waals surface area contributed by atoms with Gasteiger partial charge in [0.2, 0.25) is 0 Å². The van der Waals surface area contributed by atoms with Gasteiger partial charge in [-0.1, -0.05) is 35.5 Å². The molecule has 140 valence electrons. The molecular formula is C20H30O5. The van der Waals surface area contributed by atoms with Crippen molar-refractivity contribution in [1.29, 1.82) is 0 Å². The first-order valence-electron chi connectivity index (χ1n) is 8.52. The molecular weight excluding hydrogens is 320 g/mol. The topological polar surface area (TPSA) is 94.8 Å². The Morgan fingerprint density at radius 1 is 0.720 bits per heavy atom. The number of hydrogen-bond acceptors (Lipinski definition) is 3. The van der Waals surface area contributed by atoms with Gasteiger partial charge in [-0.05, 0) is 59.3 Å². The molecule has 0 aliphatic carbocycles. The number of allylic oxidation sites excluding steroid dienone is 5. The maximum absolute atomic E-state index is 11.3. The minimum absolute atomic E-state index is 0.0170. The normalized spacial score (nSPS) is 12.9. The molecule has 0 aliphatic heterocycles. The third kappa shape index (κ3) is 12.0. The summed E-state index contributed by atoms with van der Waals surface area (Å²) >= 11 is 0. The summed E-state index contributed by atoms with van der Waals surface area (Å²) in [5.74, 6) is -1.92. The summed E-state index contributed by atoms with van der Waals surface area (Å²) in [6, 6.07) is 0. The maximum Gasteiger partial charge on any atom is 0.331 e. The van der Waals surface area contributed by atoms with Crippen LogP contribution in [0.15, 0.2) is 46.6 Å². The Labute approximate surface area is 150 Å². The summed E-state index contributed by atoms with van der Waals surface area (Å²) in [5, 5.41) is 27.3. The fourth-order valence-corrected chi connectivity index (χ4v) is 2.24. The van der Waals surface area contributed by atoms with Crippen LogP contribution in [-0.2, 0) is 9.59 Å². The van der Waals surface area contributed by atoms with E-state index in [0.29, 0.717) is 49.7 Å². The van der Waals surface area contributed by atoms with Crippen molar-refractivity contribution in [2.45, 2.75) is 59.3 Å². The maximum atomic E-state index is 11.3. The molecule has 0 aliphatic rings. The van der Waals surface area contributed by atoms with Crippen LogP contribution in [0.5, 0.6) is 0 Å². The first-order chi connectivity index (χ1) is 11.8. The fourth-order valence-electron chi connectivity index (χ4n) is 2.24. The lowest BCUT2D eigenvalue weighted by Crippen LogP contribution is -2.03. The highest BCUT2D eigenvalue weighted by Crippen LogP contribution is 2.14. The smallest absolute Gasteiger partial charge is 0.331 e. The Morgan fingerprint density at radius 3 is 1.56 bits per heavy atom. The van der Waals surface area contributed by atoms with E-state index in [0.717, 1.165) is 11.1 Å². The van der Waals surface area contributed by atoms with E-state index in [1.165, 1.54) is 0 Å². The standard InChI is InChI=1S/C20H30O5/c1-15(2)7-4-9-17(19(22)23)11-6-12-18(20(24)25)10-5-8-16(3)13-14-21/h7,10-11,13,21H,4-6,8-9,12,14H2,1-3H3,(H,22,23)(H,24,25). The van der Waals surface area contributed by atoms with Gasteiger partial charge in [-0.15, -0.1) is 0 Å². The van der Waals surface area contributed by atoms with Gasteiger partial charge >= 0.3 is 11.9 Å². The molecule has 0 amide bonds. The van der Waals surface area contributed by atoms with Crippen LogP contribution < -0.4 is 0 Å². The molecule has 0 aromatic heterocycles. The second-order valence-electron chi connectivity index (χ2n) is 6.20. The van der Waals surface area contributed by atoms with E-state index >= 15 is 0 Å². The van der Waals surface area contributed by atoms with Crippen LogP contribution in [0.1, 0.15) is 59.3 Å². The first-order valence-corrected chi connectivity index (χ1v) is 8.52. The van der Waals surface area contributed by atoms with Crippen LogP contribution in [0.4, 0.5) is 0 Å². The summed E-state index contributed by atoms with van der Waals surface area (Å²) in [6.07, 6.45) is 10.1. The largest absolute Gasteiger partial charge is 0.478 e. The molecule has 5 heteroatoms. The van der Waals surface area contributed by atoms with Gasteiger partial charge in [0.15, 0.2) is 0 Å².